The SMILES string of the molecule is CCCCCCCCCCCCCC=CCCCCC/C=C/C(=O)O. The Morgan fingerprint density at radius 3 is 1.40 bits per heavy atom. The van der Waals surface area contributed by atoms with Gasteiger partial charge in [0.25, 0.3) is 0 Å². The molecule has 0 aromatic heterocycles. The van der Waals surface area contributed by atoms with Crippen molar-refractivity contribution >= 4 is 5.97 Å². The van der Waals surface area contributed by atoms with Crippen LogP contribution in [-0.4, -0.2) is 11.1 Å². The number of carboxylic acids is 1. The molecule has 0 aromatic rings. The molecule has 0 unspecified atom stereocenters. The zero-order valence-corrected chi connectivity index (χ0v) is 16.7. The summed E-state index contributed by atoms with van der Waals surface area (Å²) >= 11 is 0. The number of hydrogen-bond acceptors (Lipinski definition) is 1. The van der Waals surface area contributed by atoms with Crippen molar-refractivity contribution in [3.63, 3.8) is 0 Å². The van der Waals surface area contributed by atoms with E-state index in [0.717, 1.165) is 12.8 Å². The Hall–Kier alpha value is -1.05. The van der Waals surface area contributed by atoms with Gasteiger partial charge in [-0.3, -0.25) is 0 Å². The van der Waals surface area contributed by atoms with E-state index in [1.807, 2.05) is 0 Å². The highest BCUT2D eigenvalue weighted by Gasteiger charge is 1.92. The highest BCUT2D eigenvalue weighted by molar-refractivity contribution is 5.79. The van der Waals surface area contributed by atoms with E-state index in [1.54, 1.807) is 6.08 Å². The molecule has 0 atom stereocenters. The van der Waals surface area contributed by atoms with Crippen LogP contribution in [0.1, 0.15) is 116 Å². The van der Waals surface area contributed by atoms with Crippen LogP contribution in [0.5, 0.6) is 0 Å². The molecular formula is C23H42O2. The van der Waals surface area contributed by atoms with Crippen LogP contribution < -0.4 is 0 Å². The van der Waals surface area contributed by atoms with Gasteiger partial charge in [-0.15, -0.1) is 0 Å². The lowest BCUT2D eigenvalue weighted by molar-refractivity contribution is -0.131. The lowest BCUT2D eigenvalue weighted by atomic mass is 10.1. The molecular weight excluding hydrogens is 308 g/mol. The van der Waals surface area contributed by atoms with Gasteiger partial charge in [0.2, 0.25) is 0 Å². The zero-order chi connectivity index (χ0) is 18.4. The van der Waals surface area contributed by atoms with E-state index >= 15 is 0 Å². The topological polar surface area (TPSA) is 37.3 Å². The van der Waals surface area contributed by atoms with Gasteiger partial charge in [-0.1, -0.05) is 95.8 Å². The summed E-state index contributed by atoms with van der Waals surface area (Å²) < 4.78 is 0. The van der Waals surface area contributed by atoms with Crippen LogP contribution in [0.25, 0.3) is 0 Å². The number of aliphatic carboxylic acids is 1. The molecule has 0 fully saturated rings. The van der Waals surface area contributed by atoms with E-state index in [2.05, 4.69) is 19.1 Å². The molecule has 0 saturated carbocycles. The van der Waals surface area contributed by atoms with Crippen molar-refractivity contribution in [2.75, 3.05) is 0 Å². The normalized spacial score (nSPS) is 11.7. The second kappa shape index (κ2) is 21.0. The minimum absolute atomic E-state index is 0.842. The van der Waals surface area contributed by atoms with Crippen molar-refractivity contribution in [3.05, 3.63) is 24.3 Å². The van der Waals surface area contributed by atoms with E-state index in [9.17, 15) is 4.79 Å². The third kappa shape index (κ3) is 22.9. The Labute approximate surface area is 156 Å². The van der Waals surface area contributed by atoms with Crippen molar-refractivity contribution < 1.29 is 9.90 Å². The van der Waals surface area contributed by atoms with Crippen molar-refractivity contribution in [2.45, 2.75) is 116 Å². The molecule has 0 rings (SSSR count). The van der Waals surface area contributed by atoms with Crippen LogP contribution in [0, 0.1) is 0 Å². The van der Waals surface area contributed by atoms with Crippen LogP contribution in [0.2, 0.25) is 0 Å². The summed E-state index contributed by atoms with van der Waals surface area (Å²) in [4.78, 5) is 10.3. The van der Waals surface area contributed by atoms with Crippen LogP contribution in [0.4, 0.5) is 0 Å². The summed E-state index contributed by atoms with van der Waals surface area (Å²) in [7, 11) is 0. The maximum atomic E-state index is 10.3. The van der Waals surface area contributed by atoms with Crippen molar-refractivity contribution in [2.24, 2.45) is 0 Å². The molecule has 0 aliphatic carbocycles. The molecule has 0 aliphatic rings. The quantitative estimate of drug-likeness (QED) is 0.146. The standard InChI is InChI=1S/C23H42O2/c1-2-3-4-5-6-7-8-9-10-11-12-13-14-15-16-17-18-19-20-21-22-23(24)25/h14-15,21-22H,2-13,16-20H2,1H3,(H,24,25)/b15-14?,22-21+. The van der Waals surface area contributed by atoms with E-state index in [1.165, 1.54) is 102 Å². The number of allylic oxidation sites excluding steroid dienone is 3. The third-order valence-electron chi connectivity index (χ3n) is 4.64. The predicted octanol–water partition coefficient (Wildman–Crippen LogP) is 7.84. The van der Waals surface area contributed by atoms with Crippen LogP contribution >= 0.6 is 0 Å². The van der Waals surface area contributed by atoms with Gasteiger partial charge in [-0.2, -0.15) is 0 Å². The van der Waals surface area contributed by atoms with Gasteiger partial charge in [0.15, 0.2) is 0 Å². The molecule has 0 saturated heterocycles. The Balaban J connectivity index is 3.12. The fourth-order valence-electron chi connectivity index (χ4n) is 3.05. The van der Waals surface area contributed by atoms with E-state index < -0.39 is 5.97 Å². The molecule has 0 radical (unpaired) electrons. The molecule has 2 nitrogen and oxygen atoms in total. The van der Waals surface area contributed by atoms with Crippen molar-refractivity contribution in [1.82, 2.24) is 0 Å². The lowest BCUT2D eigenvalue weighted by Crippen LogP contribution is -1.85. The fraction of sp³-hybridized carbons (Fsp3) is 0.783. The molecule has 0 spiro atoms. The van der Waals surface area contributed by atoms with Crippen LogP contribution in [0.15, 0.2) is 24.3 Å². The molecule has 1 N–H and O–H groups in total. The number of rotatable bonds is 19. The first kappa shape index (κ1) is 23.9. The van der Waals surface area contributed by atoms with Gasteiger partial charge in [-0.25, -0.2) is 4.79 Å². The predicted molar refractivity (Wildman–Crippen MR) is 110 cm³/mol. The molecule has 2 heteroatoms. The number of hydrogen-bond donors (Lipinski definition) is 1. The fourth-order valence-corrected chi connectivity index (χ4v) is 3.05. The first-order valence-electron chi connectivity index (χ1n) is 10.8. The zero-order valence-electron chi connectivity index (χ0n) is 16.7. The maximum Gasteiger partial charge on any atom is 0.327 e. The Bertz CT molecular complexity index is 331. The highest BCUT2D eigenvalue weighted by Crippen LogP contribution is 2.12. The third-order valence-corrected chi connectivity index (χ3v) is 4.64. The molecule has 0 amide bonds. The Kier molecular flexibility index (Phi) is 20.1. The van der Waals surface area contributed by atoms with Crippen LogP contribution in [-0.2, 0) is 4.79 Å². The van der Waals surface area contributed by atoms with Crippen molar-refractivity contribution in [1.29, 1.82) is 0 Å². The van der Waals surface area contributed by atoms with E-state index in [-0.39, 0.29) is 0 Å². The Morgan fingerprint density at radius 1 is 0.600 bits per heavy atom. The average Bonchev–Trinajstić information content (AvgIpc) is 2.60. The first-order valence-corrected chi connectivity index (χ1v) is 10.8. The Morgan fingerprint density at radius 2 is 0.960 bits per heavy atom. The summed E-state index contributed by atoms with van der Waals surface area (Å²) in [6.45, 7) is 2.28. The number of carbonyl (C=O) groups is 1. The second-order valence-electron chi connectivity index (χ2n) is 7.17. The second-order valence-corrected chi connectivity index (χ2v) is 7.17. The molecule has 0 bridgehead atoms. The van der Waals surface area contributed by atoms with Crippen LogP contribution in [0.3, 0.4) is 0 Å². The van der Waals surface area contributed by atoms with Gasteiger partial charge in [-0.05, 0) is 38.5 Å². The van der Waals surface area contributed by atoms with Gasteiger partial charge >= 0.3 is 5.97 Å². The van der Waals surface area contributed by atoms with Gasteiger partial charge in [0, 0.05) is 6.08 Å². The largest absolute Gasteiger partial charge is 0.478 e. The van der Waals surface area contributed by atoms with Gasteiger partial charge in [0.05, 0.1) is 0 Å². The molecule has 0 aromatic carbocycles. The van der Waals surface area contributed by atoms with E-state index in [0.29, 0.717) is 0 Å². The molecule has 0 aliphatic heterocycles. The number of unbranched alkanes of at least 4 members (excludes halogenated alkanes) is 15. The van der Waals surface area contributed by atoms with E-state index in [4.69, 9.17) is 5.11 Å². The summed E-state index contributed by atoms with van der Waals surface area (Å²) in [5.74, 6) is -0.842. The highest BCUT2D eigenvalue weighted by atomic mass is 16.4. The summed E-state index contributed by atoms with van der Waals surface area (Å²) in [5, 5.41) is 8.47. The molecule has 146 valence electrons. The minimum Gasteiger partial charge on any atom is -0.478 e. The lowest BCUT2D eigenvalue weighted by Gasteiger charge is -2.01. The monoisotopic (exact) mass is 350 g/mol. The van der Waals surface area contributed by atoms with Crippen molar-refractivity contribution in [3.8, 4) is 0 Å². The van der Waals surface area contributed by atoms with Gasteiger partial charge < -0.3 is 5.11 Å². The maximum absolute atomic E-state index is 10.3. The number of carboxylic acid groups (broad SMARTS) is 1. The molecule has 25 heavy (non-hydrogen) atoms. The summed E-state index contributed by atoms with van der Waals surface area (Å²) in [5.41, 5.74) is 0. The van der Waals surface area contributed by atoms with Gasteiger partial charge in [0.1, 0.15) is 0 Å². The summed E-state index contributed by atoms with van der Waals surface area (Å²) in [6, 6.07) is 0. The summed E-state index contributed by atoms with van der Waals surface area (Å²) in [6.07, 6.45) is 30.0. The average molecular weight is 351 g/mol. The smallest absolute Gasteiger partial charge is 0.327 e. The first-order chi connectivity index (χ1) is 12.3. The minimum atomic E-state index is -0.842. The molecule has 0 heterocycles.